The molecule has 5 heteroatoms. The SMILES string of the molecule is CCN(CCNC(=O)CNC(=O)CC1CCCCC1)c1ccccc1C. The molecule has 2 N–H and O–H groups in total. The van der Waals surface area contributed by atoms with Crippen LogP contribution in [0, 0.1) is 12.8 Å². The van der Waals surface area contributed by atoms with Gasteiger partial charge in [0.05, 0.1) is 6.54 Å². The normalized spacial score (nSPS) is 14.7. The second-order valence-electron chi connectivity index (χ2n) is 7.20. The van der Waals surface area contributed by atoms with Crippen LogP contribution in [0.1, 0.15) is 51.0 Å². The fraction of sp³-hybridized carbons (Fsp3) is 0.619. The number of carbonyl (C=O) groups excluding carboxylic acids is 2. The summed E-state index contributed by atoms with van der Waals surface area (Å²) in [7, 11) is 0. The Balaban J connectivity index is 1.64. The molecule has 0 radical (unpaired) electrons. The second kappa shape index (κ2) is 10.8. The zero-order valence-corrected chi connectivity index (χ0v) is 16.2. The van der Waals surface area contributed by atoms with Crippen molar-refractivity contribution < 1.29 is 9.59 Å². The molecule has 2 rings (SSSR count). The van der Waals surface area contributed by atoms with Crippen LogP contribution in [0.25, 0.3) is 0 Å². The van der Waals surface area contributed by atoms with Gasteiger partial charge in [0, 0.05) is 31.7 Å². The summed E-state index contributed by atoms with van der Waals surface area (Å²) in [6.07, 6.45) is 6.60. The molecule has 1 saturated carbocycles. The number of likely N-dealkylation sites (N-methyl/N-ethyl adjacent to an activating group) is 1. The molecular weight excluding hydrogens is 326 g/mol. The Labute approximate surface area is 157 Å². The van der Waals surface area contributed by atoms with E-state index in [1.807, 2.05) is 12.1 Å². The Hall–Kier alpha value is -2.04. The lowest BCUT2D eigenvalue weighted by Gasteiger charge is -2.25. The number of nitrogens with zero attached hydrogens (tertiary/aromatic N) is 1. The Kier molecular flexibility index (Phi) is 8.45. The minimum Gasteiger partial charge on any atom is -0.370 e. The standard InChI is InChI=1S/C21H33N3O2/c1-3-24(19-12-8-7-9-17(19)2)14-13-22-21(26)16-23-20(25)15-18-10-5-4-6-11-18/h7-9,12,18H,3-6,10-11,13-16H2,1-2H3,(H,22,26)(H,23,25). The van der Waals surface area contributed by atoms with Gasteiger partial charge in [-0.05, 0) is 44.2 Å². The molecule has 0 bridgehead atoms. The van der Waals surface area contributed by atoms with E-state index >= 15 is 0 Å². The zero-order chi connectivity index (χ0) is 18.8. The van der Waals surface area contributed by atoms with Gasteiger partial charge in [0.25, 0.3) is 0 Å². The number of rotatable bonds is 9. The Morgan fingerprint density at radius 1 is 1.08 bits per heavy atom. The van der Waals surface area contributed by atoms with Crippen molar-refractivity contribution in [1.29, 1.82) is 0 Å². The molecule has 1 aliphatic carbocycles. The summed E-state index contributed by atoms with van der Waals surface area (Å²) in [5, 5.41) is 5.66. The van der Waals surface area contributed by atoms with Crippen molar-refractivity contribution in [2.45, 2.75) is 52.4 Å². The number of benzene rings is 1. The van der Waals surface area contributed by atoms with Crippen LogP contribution in [0.4, 0.5) is 5.69 Å². The van der Waals surface area contributed by atoms with Crippen LogP contribution in [-0.4, -0.2) is 38.0 Å². The summed E-state index contributed by atoms with van der Waals surface area (Å²) < 4.78 is 0. The van der Waals surface area contributed by atoms with Crippen LogP contribution in [0.15, 0.2) is 24.3 Å². The van der Waals surface area contributed by atoms with Crippen LogP contribution in [0.2, 0.25) is 0 Å². The Morgan fingerprint density at radius 2 is 1.81 bits per heavy atom. The summed E-state index contributed by atoms with van der Waals surface area (Å²) in [6.45, 7) is 6.49. The molecule has 26 heavy (non-hydrogen) atoms. The third kappa shape index (κ3) is 6.70. The highest BCUT2D eigenvalue weighted by atomic mass is 16.2. The third-order valence-electron chi connectivity index (χ3n) is 5.19. The molecule has 1 aliphatic rings. The zero-order valence-electron chi connectivity index (χ0n) is 16.2. The summed E-state index contributed by atoms with van der Waals surface area (Å²) in [5.41, 5.74) is 2.43. The average Bonchev–Trinajstić information content (AvgIpc) is 2.65. The van der Waals surface area contributed by atoms with Gasteiger partial charge >= 0.3 is 0 Å². The number of hydrogen-bond acceptors (Lipinski definition) is 3. The van der Waals surface area contributed by atoms with E-state index in [-0.39, 0.29) is 18.4 Å². The first-order valence-corrected chi connectivity index (χ1v) is 9.94. The summed E-state index contributed by atoms with van der Waals surface area (Å²) in [4.78, 5) is 26.2. The maximum absolute atomic E-state index is 12.0. The Morgan fingerprint density at radius 3 is 2.50 bits per heavy atom. The highest BCUT2D eigenvalue weighted by Gasteiger charge is 2.17. The van der Waals surface area contributed by atoms with E-state index in [4.69, 9.17) is 0 Å². The lowest BCUT2D eigenvalue weighted by Crippen LogP contribution is -2.41. The van der Waals surface area contributed by atoms with Crippen molar-refractivity contribution in [1.82, 2.24) is 10.6 Å². The van der Waals surface area contributed by atoms with E-state index in [2.05, 4.69) is 41.5 Å². The smallest absolute Gasteiger partial charge is 0.239 e. The number of amides is 2. The second-order valence-corrected chi connectivity index (χ2v) is 7.20. The van der Waals surface area contributed by atoms with Crippen LogP contribution >= 0.6 is 0 Å². The molecule has 0 heterocycles. The largest absolute Gasteiger partial charge is 0.370 e. The van der Waals surface area contributed by atoms with E-state index in [9.17, 15) is 9.59 Å². The molecule has 1 aromatic carbocycles. The van der Waals surface area contributed by atoms with Gasteiger partial charge in [-0.1, -0.05) is 37.5 Å². The fourth-order valence-electron chi connectivity index (χ4n) is 3.66. The van der Waals surface area contributed by atoms with Crippen LogP contribution in [0.3, 0.4) is 0 Å². The summed E-state index contributed by atoms with van der Waals surface area (Å²) in [6, 6.07) is 8.26. The molecule has 5 nitrogen and oxygen atoms in total. The highest BCUT2D eigenvalue weighted by molar-refractivity contribution is 5.84. The maximum Gasteiger partial charge on any atom is 0.239 e. The van der Waals surface area contributed by atoms with Gasteiger partial charge < -0.3 is 15.5 Å². The molecule has 0 atom stereocenters. The molecule has 2 amide bonds. The van der Waals surface area contributed by atoms with Gasteiger partial charge in [0.15, 0.2) is 0 Å². The molecule has 1 aromatic rings. The van der Waals surface area contributed by atoms with Gasteiger partial charge in [0.1, 0.15) is 0 Å². The van der Waals surface area contributed by atoms with Gasteiger partial charge in [-0.15, -0.1) is 0 Å². The van der Waals surface area contributed by atoms with Crippen molar-refractivity contribution >= 4 is 17.5 Å². The summed E-state index contributed by atoms with van der Waals surface area (Å²) >= 11 is 0. The van der Waals surface area contributed by atoms with Crippen LogP contribution in [0.5, 0.6) is 0 Å². The highest BCUT2D eigenvalue weighted by Crippen LogP contribution is 2.26. The first-order valence-electron chi connectivity index (χ1n) is 9.94. The predicted octanol–water partition coefficient (Wildman–Crippen LogP) is 3.02. The van der Waals surface area contributed by atoms with E-state index in [0.717, 1.165) is 25.9 Å². The molecule has 0 saturated heterocycles. The lowest BCUT2D eigenvalue weighted by molar-refractivity contribution is -0.126. The van der Waals surface area contributed by atoms with Crippen LogP contribution in [-0.2, 0) is 9.59 Å². The van der Waals surface area contributed by atoms with Crippen molar-refractivity contribution in [2.75, 3.05) is 31.1 Å². The average molecular weight is 360 g/mol. The number of carbonyl (C=O) groups is 2. The molecule has 1 fully saturated rings. The van der Waals surface area contributed by atoms with Crippen molar-refractivity contribution in [3.63, 3.8) is 0 Å². The fourth-order valence-corrected chi connectivity index (χ4v) is 3.66. The Bertz CT molecular complexity index is 582. The molecule has 0 unspecified atom stereocenters. The van der Waals surface area contributed by atoms with Gasteiger partial charge in [-0.2, -0.15) is 0 Å². The predicted molar refractivity (Wildman–Crippen MR) is 106 cm³/mol. The monoisotopic (exact) mass is 359 g/mol. The lowest BCUT2D eigenvalue weighted by atomic mass is 9.87. The van der Waals surface area contributed by atoms with Crippen molar-refractivity contribution in [3.05, 3.63) is 29.8 Å². The quantitative estimate of drug-likeness (QED) is 0.712. The third-order valence-corrected chi connectivity index (χ3v) is 5.19. The van der Waals surface area contributed by atoms with Crippen molar-refractivity contribution in [2.24, 2.45) is 5.92 Å². The van der Waals surface area contributed by atoms with Gasteiger partial charge in [-0.3, -0.25) is 9.59 Å². The molecule has 0 aliphatic heterocycles. The van der Waals surface area contributed by atoms with E-state index in [1.54, 1.807) is 0 Å². The van der Waals surface area contributed by atoms with Gasteiger partial charge in [-0.25, -0.2) is 0 Å². The topological polar surface area (TPSA) is 61.4 Å². The number of nitrogens with one attached hydrogen (secondary N) is 2. The minimum atomic E-state index is -0.122. The van der Waals surface area contributed by atoms with Crippen LogP contribution < -0.4 is 15.5 Å². The number of aryl methyl sites for hydroxylation is 1. The van der Waals surface area contributed by atoms with E-state index < -0.39 is 0 Å². The maximum atomic E-state index is 12.0. The number of para-hydroxylation sites is 1. The van der Waals surface area contributed by atoms with Crippen molar-refractivity contribution in [3.8, 4) is 0 Å². The molecular formula is C21H33N3O2. The number of hydrogen-bond donors (Lipinski definition) is 2. The first kappa shape index (κ1) is 20.3. The van der Waals surface area contributed by atoms with E-state index in [1.165, 1.54) is 30.5 Å². The molecule has 0 aromatic heterocycles. The molecule has 144 valence electrons. The number of anilines is 1. The summed E-state index contributed by atoms with van der Waals surface area (Å²) in [5.74, 6) is 0.379. The molecule has 0 spiro atoms. The van der Waals surface area contributed by atoms with Gasteiger partial charge in [0.2, 0.25) is 11.8 Å². The minimum absolute atomic E-state index is 0.00199. The van der Waals surface area contributed by atoms with E-state index in [0.29, 0.717) is 18.9 Å². The first-order chi connectivity index (χ1) is 12.6.